The molecular weight excluding hydrogens is 301 g/mol. The SMILES string of the molecule is CC(C)C.CCCCc1ccc(N(CCCl)CCCl)cc1. The van der Waals surface area contributed by atoms with Crippen LogP contribution in [0.5, 0.6) is 0 Å². The van der Waals surface area contributed by atoms with Gasteiger partial charge in [0.15, 0.2) is 0 Å². The summed E-state index contributed by atoms with van der Waals surface area (Å²) in [7, 11) is 0. The Morgan fingerprint density at radius 3 is 1.81 bits per heavy atom. The van der Waals surface area contributed by atoms with E-state index in [1.807, 2.05) is 0 Å². The third kappa shape index (κ3) is 10.9. The van der Waals surface area contributed by atoms with Gasteiger partial charge >= 0.3 is 0 Å². The van der Waals surface area contributed by atoms with Crippen molar-refractivity contribution >= 4 is 28.9 Å². The van der Waals surface area contributed by atoms with E-state index in [4.69, 9.17) is 23.2 Å². The second kappa shape index (κ2) is 13.3. The highest BCUT2D eigenvalue weighted by Crippen LogP contribution is 2.16. The fourth-order valence-corrected chi connectivity index (χ4v) is 2.24. The number of hydrogen-bond acceptors (Lipinski definition) is 1. The molecule has 122 valence electrons. The number of alkyl halides is 2. The van der Waals surface area contributed by atoms with E-state index in [2.05, 4.69) is 56.9 Å². The van der Waals surface area contributed by atoms with Crippen LogP contribution in [0, 0.1) is 5.92 Å². The molecule has 1 aromatic rings. The number of rotatable bonds is 8. The van der Waals surface area contributed by atoms with E-state index in [1.165, 1.54) is 30.5 Å². The molecule has 0 amide bonds. The van der Waals surface area contributed by atoms with Crippen LogP contribution in [-0.2, 0) is 6.42 Å². The highest BCUT2D eigenvalue weighted by Gasteiger charge is 2.04. The smallest absolute Gasteiger partial charge is 0.0399 e. The molecule has 1 nitrogen and oxygen atoms in total. The maximum Gasteiger partial charge on any atom is 0.0399 e. The third-order valence-corrected chi connectivity index (χ3v) is 3.17. The maximum absolute atomic E-state index is 5.80. The zero-order valence-electron chi connectivity index (χ0n) is 14.0. The molecule has 3 heteroatoms. The molecule has 0 aliphatic heterocycles. The number of anilines is 1. The van der Waals surface area contributed by atoms with Crippen molar-refractivity contribution in [3.05, 3.63) is 29.8 Å². The van der Waals surface area contributed by atoms with Crippen LogP contribution in [-0.4, -0.2) is 24.8 Å². The van der Waals surface area contributed by atoms with Gasteiger partial charge in [0.25, 0.3) is 0 Å². The first kappa shape index (κ1) is 20.6. The Hall–Kier alpha value is -0.400. The van der Waals surface area contributed by atoms with Gasteiger partial charge in [-0.05, 0) is 36.5 Å². The van der Waals surface area contributed by atoms with Crippen LogP contribution in [0.15, 0.2) is 24.3 Å². The lowest BCUT2D eigenvalue weighted by Crippen LogP contribution is -2.27. The minimum atomic E-state index is 0.633. The molecule has 0 atom stereocenters. The van der Waals surface area contributed by atoms with Crippen LogP contribution in [0.25, 0.3) is 0 Å². The summed E-state index contributed by atoms with van der Waals surface area (Å²) in [6, 6.07) is 8.76. The van der Waals surface area contributed by atoms with Gasteiger partial charge in [0.05, 0.1) is 0 Å². The molecule has 0 bridgehead atoms. The van der Waals surface area contributed by atoms with E-state index < -0.39 is 0 Å². The molecule has 0 saturated carbocycles. The van der Waals surface area contributed by atoms with E-state index in [9.17, 15) is 0 Å². The molecule has 1 aromatic carbocycles. The molecule has 0 aliphatic carbocycles. The molecule has 0 radical (unpaired) electrons. The topological polar surface area (TPSA) is 3.24 Å². The fourth-order valence-electron chi connectivity index (χ4n) is 1.83. The molecule has 21 heavy (non-hydrogen) atoms. The standard InChI is InChI=1S/C14H21Cl2N.C4H10/c1-2-3-4-13-5-7-14(8-6-13)17(11-9-15)12-10-16;1-4(2)3/h5-8H,2-4,9-12H2,1H3;4H,1-3H3. The molecule has 0 heterocycles. The molecule has 0 aliphatic rings. The lowest BCUT2D eigenvalue weighted by atomic mass is 10.1. The Balaban J connectivity index is 0.000000885. The normalized spacial score (nSPS) is 10.2. The minimum Gasteiger partial charge on any atom is -0.369 e. The summed E-state index contributed by atoms with van der Waals surface area (Å²) in [4.78, 5) is 2.23. The maximum atomic E-state index is 5.80. The van der Waals surface area contributed by atoms with Gasteiger partial charge in [-0.1, -0.05) is 46.2 Å². The number of hydrogen-bond donors (Lipinski definition) is 0. The van der Waals surface area contributed by atoms with Gasteiger partial charge in [0, 0.05) is 30.5 Å². The van der Waals surface area contributed by atoms with Crippen LogP contribution in [0.1, 0.15) is 46.1 Å². The Bertz CT molecular complexity index is 327. The number of aryl methyl sites for hydroxylation is 1. The lowest BCUT2D eigenvalue weighted by Gasteiger charge is -2.23. The van der Waals surface area contributed by atoms with Crippen molar-refractivity contribution in [3.63, 3.8) is 0 Å². The zero-order chi connectivity index (χ0) is 16.1. The average Bonchev–Trinajstić information content (AvgIpc) is 2.45. The van der Waals surface area contributed by atoms with E-state index >= 15 is 0 Å². The van der Waals surface area contributed by atoms with Crippen molar-refractivity contribution in [1.82, 2.24) is 0 Å². The van der Waals surface area contributed by atoms with Gasteiger partial charge < -0.3 is 4.90 Å². The number of nitrogens with zero attached hydrogens (tertiary/aromatic N) is 1. The minimum absolute atomic E-state index is 0.633. The molecule has 0 saturated heterocycles. The van der Waals surface area contributed by atoms with Gasteiger partial charge in [-0.3, -0.25) is 0 Å². The Morgan fingerprint density at radius 2 is 1.43 bits per heavy atom. The predicted octanol–water partition coefficient (Wildman–Crippen LogP) is 5.98. The van der Waals surface area contributed by atoms with Crippen LogP contribution in [0.4, 0.5) is 5.69 Å². The second-order valence-corrected chi connectivity index (χ2v) is 6.62. The third-order valence-electron chi connectivity index (χ3n) is 2.83. The van der Waals surface area contributed by atoms with Crippen molar-refractivity contribution in [2.45, 2.75) is 47.0 Å². The van der Waals surface area contributed by atoms with E-state index in [-0.39, 0.29) is 0 Å². The first-order valence-electron chi connectivity index (χ1n) is 8.00. The van der Waals surface area contributed by atoms with Crippen LogP contribution < -0.4 is 4.90 Å². The number of halogens is 2. The van der Waals surface area contributed by atoms with Gasteiger partial charge in [0.2, 0.25) is 0 Å². The fraction of sp³-hybridized carbons (Fsp3) is 0.667. The predicted molar refractivity (Wildman–Crippen MR) is 99.2 cm³/mol. The van der Waals surface area contributed by atoms with Gasteiger partial charge in [-0.15, -0.1) is 23.2 Å². The number of benzene rings is 1. The second-order valence-electron chi connectivity index (χ2n) is 5.87. The van der Waals surface area contributed by atoms with Crippen molar-refractivity contribution in [1.29, 1.82) is 0 Å². The Morgan fingerprint density at radius 1 is 0.952 bits per heavy atom. The van der Waals surface area contributed by atoms with Crippen molar-refractivity contribution in [3.8, 4) is 0 Å². The largest absolute Gasteiger partial charge is 0.369 e. The van der Waals surface area contributed by atoms with E-state index in [0.717, 1.165) is 19.0 Å². The molecule has 0 unspecified atom stereocenters. The summed E-state index contributed by atoms with van der Waals surface area (Å²) >= 11 is 11.6. The number of unbranched alkanes of at least 4 members (excludes halogenated alkanes) is 1. The molecule has 1 rings (SSSR count). The summed E-state index contributed by atoms with van der Waals surface area (Å²) in [6.07, 6.45) is 3.67. The van der Waals surface area contributed by atoms with Crippen LogP contribution in [0.3, 0.4) is 0 Å². The van der Waals surface area contributed by atoms with Crippen molar-refractivity contribution in [2.24, 2.45) is 5.92 Å². The molecular formula is C18H31Cl2N. The summed E-state index contributed by atoms with van der Waals surface area (Å²) < 4.78 is 0. The summed E-state index contributed by atoms with van der Waals surface area (Å²) in [6.45, 7) is 10.4. The average molecular weight is 332 g/mol. The monoisotopic (exact) mass is 331 g/mol. The van der Waals surface area contributed by atoms with E-state index in [0.29, 0.717) is 11.8 Å². The molecule has 0 spiro atoms. The summed E-state index contributed by atoms with van der Waals surface area (Å²) in [5.74, 6) is 2.10. The Labute approximate surface area is 141 Å². The first-order chi connectivity index (χ1) is 10.0. The lowest BCUT2D eigenvalue weighted by molar-refractivity contribution is 0.737. The van der Waals surface area contributed by atoms with Crippen molar-refractivity contribution < 1.29 is 0 Å². The van der Waals surface area contributed by atoms with Gasteiger partial charge in [-0.2, -0.15) is 0 Å². The highest BCUT2D eigenvalue weighted by atomic mass is 35.5. The Kier molecular flexibility index (Phi) is 13.0. The zero-order valence-corrected chi connectivity index (χ0v) is 15.6. The molecule has 0 fully saturated rings. The quantitative estimate of drug-likeness (QED) is 0.530. The van der Waals surface area contributed by atoms with Crippen LogP contribution in [0.2, 0.25) is 0 Å². The van der Waals surface area contributed by atoms with Gasteiger partial charge in [0.1, 0.15) is 0 Å². The summed E-state index contributed by atoms with van der Waals surface area (Å²) in [5, 5.41) is 0. The van der Waals surface area contributed by atoms with E-state index in [1.54, 1.807) is 0 Å². The van der Waals surface area contributed by atoms with Crippen LogP contribution >= 0.6 is 23.2 Å². The molecule has 0 N–H and O–H groups in total. The van der Waals surface area contributed by atoms with Crippen molar-refractivity contribution in [2.75, 3.05) is 29.7 Å². The van der Waals surface area contributed by atoms with Gasteiger partial charge in [-0.25, -0.2) is 0 Å². The highest BCUT2D eigenvalue weighted by molar-refractivity contribution is 6.18. The molecule has 0 aromatic heterocycles. The first-order valence-corrected chi connectivity index (χ1v) is 9.07. The summed E-state index contributed by atoms with van der Waals surface area (Å²) in [5.41, 5.74) is 2.62.